The third-order valence-electron chi connectivity index (χ3n) is 4.14. The van der Waals surface area contributed by atoms with Gasteiger partial charge in [-0.25, -0.2) is 0 Å². The number of carbonyl (C=O) groups is 2. The number of benzene rings is 2. The normalized spacial score (nSPS) is 13.4. The molecule has 0 bridgehead atoms. The monoisotopic (exact) mass is 322 g/mol. The molecule has 2 N–H and O–H groups in total. The van der Waals surface area contributed by atoms with Crippen LogP contribution in [0.25, 0.3) is 0 Å². The van der Waals surface area contributed by atoms with Crippen LogP contribution in [0.5, 0.6) is 0 Å². The molecule has 2 aromatic rings. The van der Waals surface area contributed by atoms with E-state index >= 15 is 0 Å². The Labute approximate surface area is 142 Å². The maximum Gasteiger partial charge on any atom is 0.227 e. The molecule has 0 spiro atoms. The van der Waals surface area contributed by atoms with E-state index in [1.54, 1.807) is 0 Å². The summed E-state index contributed by atoms with van der Waals surface area (Å²) in [5.74, 6) is 0.310. The van der Waals surface area contributed by atoms with Crippen molar-refractivity contribution in [1.82, 2.24) is 5.32 Å². The van der Waals surface area contributed by atoms with Crippen molar-refractivity contribution in [3.8, 4) is 0 Å². The number of anilines is 1. The van der Waals surface area contributed by atoms with Gasteiger partial charge in [0, 0.05) is 18.2 Å². The standard InChI is InChI=1S/C20H22N2O2/c1-14-2-4-15(5-3-14)12-19(23)21-13-16-6-10-18(11-7-16)22-20(24)17-8-9-17/h2-7,10-11,17H,8-9,12-13H2,1H3,(H,21,23)(H,22,24). The van der Waals surface area contributed by atoms with E-state index in [-0.39, 0.29) is 17.7 Å². The van der Waals surface area contributed by atoms with Crippen LogP contribution >= 0.6 is 0 Å². The van der Waals surface area contributed by atoms with Crippen LogP contribution < -0.4 is 10.6 Å². The molecule has 0 aliphatic heterocycles. The smallest absolute Gasteiger partial charge is 0.227 e. The highest BCUT2D eigenvalue weighted by molar-refractivity contribution is 5.94. The van der Waals surface area contributed by atoms with E-state index in [0.717, 1.165) is 29.7 Å². The highest BCUT2D eigenvalue weighted by Gasteiger charge is 2.29. The minimum Gasteiger partial charge on any atom is -0.352 e. The predicted octanol–water partition coefficient (Wildman–Crippen LogP) is 3.20. The van der Waals surface area contributed by atoms with Gasteiger partial charge in [-0.1, -0.05) is 42.0 Å². The second-order valence-corrected chi connectivity index (χ2v) is 6.40. The average Bonchev–Trinajstić information content (AvgIpc) is 3.41. The number of aryl methyl sites for hydroxylation is 1. The first-order valence-electron chi connectivity index (χ1n) is 8.32. The minimum absolute atomic E-state index is 0.00460. The molecule has 4 heteroatoms. The molecule has 2 amide bonds. The first-order valence-corrected chi connectivity index (χ1v) is 8.32. The zero-order chi connectivity index (χ0) is 16.9. The summed E-state index contributed by atoms with van der Waals surface area (Å²) in [6, 6.07) is 15.6. The zero-order valence-corrected chi connectivity index (χ0v) is 13.8. The van der Waals surface area contributed by atoms with Crippen molar-refractivity contribution in [2.75, 3.05) is 5.32 Å². The fourth-order valence-corrected chi connectivity index (χ4v) is 2.45. The Kier molecular flexibility index (Phi) is 4.94. The lowest BCUT2D eigenvalue weighted by atomic mass is 10.1. The number of rotatable bonds is 6. The summed E-state index contributed by atoms with van der Waals surface area (Å²) >= 11 is 0. The van der Waals surface area contributed by atoms with Crippen molar-refractivity contribution in [2.45, 2.75) is 32.7 Å². The molecule has 4 nitrogen and oxygen atoms in total. The van der Waals surface area contributed by atoms with Gasteiger partial charge in [0.1, 0.15) is 0 Å². The third kappa shape index (κ3) is 4.69. The summed E-state index contributed by atoms with van der Waals surface area (Å²) in [6.07, 6.45) is 2.38. The Hall–Kier alpha value is -2.62. The Balaban J connectivity index is 1.46. The number of hydrogen-bond acceptors (Lipinski definition) is 2. The quantitative estimate of drug-likeness (QED) is 0.858. The second kappa shape index (κ2) is 7.30. The number of amides is 2. The molecule has 24 heavy (non-hydrogen) atoms. The lowest BCUT2D eigenvalue weighted by molar-refractivity contribution is -0.120. The summed E-state index contributed by atoms with van der Waals surface area (Å²) in [5, 5.41) is 5.83. The van der Waals surface area contributed by atoms with Gasteiger partial charge < -0.3 is 10.6 Å². The van der Waals surface area contributed by atoms with Crippen LogP contribution in [0.3, 0.4) is 0 Å². The lowest BCUT2D eigenvalue weighted by Crippen LogP contribution is -2.24. The van der Waals surface area contributed by atoms with E-state index in [1.165, 1.54) is 5.56 Å². The summed E-state index contributed by atoms with van der Waals surface area (Å²) in [7, 11) is 0. The molecule has 1 aliphatic rings. The van der Waals surface area contributed by atoms with Gasteiger partial charge in [-0.05, 0) is 43.0 Å². The van der Waals surface area contributed by atoms with Crippen LogP contribution in [0.4, 0.5) is 5.69 Å². The van der Waals surface area contributed by atoms with Crippen molar-refractivity contribution in [3.63, 3.8) is 0 Å². The third-order valence-corrected chi connectivity index (χ3v) is 4.14. The fraction of sp³-hybridized carbons (Fsp3) is 0.300. The van der Waals surface area contributed by atoms with Crippen LogP contribution in [-0.2, 0) is 22.6 Å². The number of nitrogens with one attached hydrogen (secondary N) is 2. The Bertz CT molecular complexity index is 716. The lowest BCUT2D eigenvalue weighted by Gasteiger charge is -2.08. The van der Waals surface area contributed by atoms with Crippen molar-refractivity contribution < 1.29 is 9.59 Å². The van der Waals surface area contributed by atoms with E-state index in [9.17, 15) is 9.59 Å². The highest BCUT2D eigenvalue weighted by Crippen LogP contribution is 2.30. The Morgan fingerprint density at radius 1 is 0.958 bits per heavy atom. The van der Waals surface area contributed by atoms with Gasteiger partial charge in [-0.3, -0.25) is 9.59 Å². The Morgan fingerprint density at radius 2 is 1.58 bits per heavy atom. The summed E-state index contributed by atoms with van der Waals surface area (Å²) in [4.78, 5) is 23.7. The van der Waals surface area contributed by atoms with Gasteiger partial charge in [0.2, 0.25) is 11.8 Å². The van der Waals surface area contributed by atoms with Gasteiger partial charge >= 0.3 is 0 Å². The predicted molar refractivity (Wildman–Crippen MR) is 94.5 cm³/mol. The molecular weight excluding hydrogens is 300 g/mol. The first-order chi connectivity index (χ1) is 11.6. The summed E-state index contributed by atoms with van der Waals surface area (Å²) < 4.78 is 0. The maximum atomic E-state index is 12.0. The molecule has 0 aromatic heterocycles. The topological polar surface area (TPSA) is 58.2 Å². The van der Waals surface area contributed by atoms with Crippen molar-refractivity contribution in [2.24, 2.45) is 5.92 Å². The highest BCUT2D eigenvalue weighted by atomic mass is 16.2. The molecule has 0 atom stereocenters. The summed E-state index contributed by atoms with van der Waals surface area (Å²) in [6.45, 7) is 2.52. The molecule has 0 heterocycles. The molecule has 2 aromatic carbocycles. The van der Waals surface area contributed by atoms with Crippen LogP contribution in [0, 0.1) is 12.8 Å². The molecule has 0 saturated heterocycles. The van der Waals surface area contributed by atoms with E-state index in [2.05, 4.69) is 10.6 Å². The first kappa shape index (κ1) is 16.2. The molecule has 1 aliphatic carbocycles. The van der Waals surface area contributed by atoms with Crippen LogP contribution in [0.15, 0.2) is 48.5 Å². The van der Waals surface area contributed by atoms with Gasteiger partial charge in [-0.2, -0.15) is 0 Å². The van der Waals surface area contributed by atoms with Gasteiger partial charge in [0.15, 0.2) is 0 Å². The minimum atomic E-state index is 0.00460. The van der Waals surface area contributed by atoms with Crippen molar-refractivity contribution in [3.05, 3.63) is 65.2 Å². The van der Waals surface area contributed by atoms with E-state index in [4.69, 9.17) is 0 Å². The molecule has 1 saturated carbocycles. The van der Waals surface area contributed by atoms with Crippen LogP contribution in [0.2, 0.25) is 0 Å². The van der Waals surface area contributed by atoms with Crippen molar-refractivity contribution in [1.29, 1.82) is 0 Å². The largest absolute Gasteiger partial charge is 0.352 e. The fourth-order valence-electron chi connectivity index (χ4n) is 2.45. The molecule has 0 unspecified atom stereocenters. The van der Waals surface area contributed by atoms with Gasteiger partial charge in [-0.15, -0.1) is 0 Å². The van der Waals surface area contributed by atoms with Crippen LogP contribution in [-0.4, -0.2) is 11.8 Å². The molecular formula is C20H22N2O2. The second-order valence-electron chi connectivity index (χ2n) is 6.40. The molecule has 3 rings (SSSR count). The van der Waals surface area contributed by atoms with Crippen LogP contribution in [0.1, 0.15) is 29.5 Å². The zero-order valence-electron chi connectivity index (χ0n) is 13.8. The number of carbonyl (C=O) groups excluding carboxylic acids is 2. The van der Waals surface area contributed by atoms with Crippen molar-refractivity contribution >= 4 is 17.5 Å². The molecule has 124 valence electrons. The SMILES string of the molecule is Cc1ccc(CC(=O)NCc2ccc(NC(=O)C3CC3)cc2)cc1. The molecule has 1 fully saturated rings. The summed E-state index contributed by atoms with van der Waals surface area (Å²) in [5.41, 5.74) is 4.02. The average molecular weight is 322 g/mol. The van der Waals surface area contributed by atoms with E-state index < -0.39 is 0 Å². The Morgan fingerprint density at radius 3 is 2.21 bits per heavy atom. The molecule has 0 radical (unpaired) electrons. The maximum absolute atomic E-state index is 12.0. The van der Waals surface area contributed by atoms with E-state index in [0.29, 0.717) is 13.0 Å². The van der Waals surface area contributed by atoms with Gasteiger partial charge in [0.05, 0.1) is 6.42 Å². The van der Waals surface area contributed by atoms with Gasteiger partial charge in [0.25, 0.3) is 0 Å². The number of hydrogen-bond donors (Lipinski definition) is 2. The van der Waals surface area contributed by atoms with E-state index in [1.807, 2.05) is 55.5 Å².